The number of carbonyl (C=O) groups excluding carboxylic acids is 4. The van der Waals surface area contributed by atoms with Gasteiger partial charge in [-0.15, -0.1) is 0 Å². The molecule has 0 aliphatic carbocycles. The molecule has 3 aromatic rings. The number of benzene rings is 3. The SMILES string of the molecule is Cc1cc(C)cc(N2C[C@H](C(=O)Oc3ccc(N4C(=O)c5cccc([N+](=O)[O-])c5C4=O)c(C)c3)CC2=O)c1. The van der Waals surface area contributed by atoms with Crippen LogP contribution in [0.5, 0.6) is 5.75 Å². The Morgan fingerprint density at radius 1 is 0.974 bits per heavy atom. The van der Waals surface area contributed by atoms with Gasteiger partial charge in [-0.05, 0) is 73.9 Å². The van der Waals surface area contributed by atoms with Crippen molar-refractivity contribution in [3.8, 4) is 5.75 Å². The van der Waals surface area contributed by atoms with E-state index >= 15 is 0 Å². The molecule has 3 aromatic carbocycles. The van der Waals surface area contributed by atoms with Gasteiger partial charge < -0.3 is 9.64 Å². The van der Waals surface area contributed by atoms with Gasteiger partial charge in [-0.3, -0.25) is 29.3 Å². The molecule has 0 aromatic heterocycles. The highest BCUT2D eigenvalue weighted by molar-refractivity contribution is 6.35. The number of nitro groups is 1. The van der Waals surface area contributed by atoms with Gasteiger partial charge >= 0.3 is 5.97 Å². The van der Waals surface area contributed by atoms with Gasteiger partial charge in [0, 0.05) is 24.7 Å². The van der Waals surface area contributed by atoms with Crippen molar-refractivity contribution in [2.45, 2.75) is 27.2 Å². The third-order valence-corrected chi connectivity index (χ3v) is 6.69. The van der Waals surface area contributed by atoms with Crippen molar-refractivity contribution in [2.24, 2.45) is 5.92 Å². The zero-order valence-corrected chi connectivity index (χ0v) is 20.9. The normalized spacial score (nSPS) is 16.7. The van der Waals surface area contributed by atoms with E-state index in [4.69, 9.17) is 4.74 Å². The number of carbonyl (C=O) groups is 4. The lowest BCUT2D eigenvalue weighted by molar-refractivity contribution is -0.385. The Morgan fingerprint density at radius 3 is 2.34 bits per heavy atom. The van der Waals surface area contributed by atoms with Crippen molar-refractivity contribution in [3.63, 3.8) is 0 Å². The van der Waals surface area contributed by atoms with Crippen LogP contribution in [0.4, 0.5) is 17.1 Å². The molecule has 2 aliphatic rings. The number of hydrogen-bond acceptors (Lipinski definition) is 7. The van der Waals surface area contributed by atoms with E-state index in [9.17, 15) is 29.3 Å². The van der Waals surface area contributed by atoms with Crippen molar-refractivity contribution in [3.05, 3.63) is 92.5 Å². The minimum absolute atomic E-state index is 0.0245. The summed E-state index contributed by atoms with van der Waals surface area (Å²) in [5.41, 5.74) is 2.71. The number of aryl methyl sites for hydroxylation is 3. The average Bonchev–Trinajstić information content (AvgIpc) is 3.36. The molecule has 5 rings (SSSR count). The van der Waals surface area contributed by atoms with Crippen molar-refractivity contribution >= 4 is 40.8 Å². The number of esters is 1. The number of anilines is 2. The van der Waals surface area contributed by atoms with Crippen LogP contribution < -0.4 is 14.5 Å². The summed E-state index contributed by atoms with van der Waals surface area (Å²) in [6.07, 6.45) is 0.0245. The van der Waals surface area contributed by atoms with E-state index in [1.54, 1.807) is 11.8 Å². The van der Waals surface area contributed by atoms with Crippen LogP contribution in [0.1, 0.15) is 43.8 Å². The van der Waals surface area contributed by atoms with Crippen molar-refractivity contribution in [1.29, 1.82) is 0 Å². The smallest absolute Gasteiger partial charge is 0.316 e. The average molecular weight is 514 g/mol. The number of amides is 3. The maximum atomic E-state index is 13.0. The first-order valence-electron chi connectivity index (χ1n) is 11.9. The second-order valence-electron chi connectivity index (χ2n) is 9.52. The Hall–Kier alpha value is -4.86. The molecule has 0 spiro atoms. The van der Waals surface area contributed by atoms with Crippen LogP contribution in [0.15, 0.2) is 54.6 Å². The van der Waals surface area contributed by atoms with Crippen LogP contribution >= 0.6 is 0 Å². The number of ether oxygens (including phenoxy) is 1. The van der Waals surface area contributed by atoms with E-state index in [0.29, 0.717) is 5.56 Å². The number of nitro benzene ring substituents is 1. The fourth-order valence-electron chi connectivity index (χ4n) is 5.00. The second kappa shape index (κ2) is 9.22. The monoisotopic (exact) mass is 513 g/mol. The Morgan fingerprint density at radius 2 is 1.68 bits per heavy atom. The number of hydrogen-bond donors (Lipinski definition) is 0. The van der Waals surface area contributed by atoms with Crippen LogP contribution in [0.2, 0.25) is 0 Å². The first-order valence-corrected chi connectivity index (χ1v) is 11.9. The van der Waals surface area contributed by atoms with Gasteiger partial charge in [-0.1, -0.05) is 12.1 Å². The number of fused-ring (bicyclic) bond motifs is 1. The topological polar surface area (TPSA) is 127 Å². The maximum Gasteiger partial charge on any atom is 0.316 e. The molecule has 2 heterocycles. The Balaban J connectivity index is 1.33. The zero-order valence-electron chi connectivity index (χ0n) is 20.9. The summed E-state index contributed by atoms with van der Waals surface area (Å²) < 4.78 is 5.55. The molecule has 1 fully saturated rings. The van der Waals surface area contributed by atoms with Gasteiger partial charge in [0.1, 0.15) is 11.3 Å². The molecule has 1 saturated heterocycles. The Kier molecular flexibility index (Phi) is 6.02. The summed E-state index contributed by atoms with van der Waals surface area (Å²) in [5, 5.41) is 11.4. The van der Waals surface area contributed by atoms with E-state index in [1.807, 2.05) is 32.0 Å². The van der Waals surface area contributed by atoms with Gasteiger partial charge in [0.2, 0.25) is 5.91 Å². The van der Waals surface area contributed by atoms with Crippen molar-refractivity contribution in [1.82, 2.24) is 0 Å². The van der Waals surface area contributed by atoms with Gasteiger partial charge in [0.05, 0.1) is 22.1 Å². The lowest BCUT2D eigenvalue weighted by Gasteiger charge is -2.19. The predicted molar refractivity (Wildman–Crippen MR) is 137 cm³/mol. The molecule has 3 amide bonds. The highest BCUT2D eigenvalue weighted by atomic mass is 16.6. The lowest BCUT2D eigenvalue weighted by atomic mass is 10.1. The highest BCUT2D eigenvalue weighted by Gasteiger charge is 2.42. The van der Waals surface area contributed by atoms with E-state index in [0.717, 1.165) is 21.7 Å². The van der Waals surface area contributed by atoms with Crippen LogP contribution in [-0.2, 0) is 9.59 Å². The first-order chi connectivity index (χ1) is 18.0. The first kappa shape index (κ1) is 24.8. The fraction of sp³-hybridized carbons (Fsp3) is 0.214. The standard InChI is InChI=1S/C28H23N3O7/c1-15-9-16(2)11-19(10-15)29-14-18(13-24(29)32)28(35)38-20-7-8-22(17(3)12-20)30-26(33)21-5-4-6-23(31(36)37)25(21)27(30)34/h4-12,18H,13-14H2,1-3H3/t18-/m1/s1. The van der Waals surface area contributed by atoms with Crippen LogP contribution in [-0.4, -0.2) is 35.2 Å². The van der Waals surface area contributed by atoms with Crippen molar-refractivity contribution in [2.75, 3.05) is 16.3 Å². The molecule has 0 unspecified atom stereocenters. The maximum absolute atomic E-state index is 13.0. The van der Waals surface area contributed by atoms with Crippen LogP contribution in [0, 0.1) is 36.8 Å². The second-order valence-corrected chi connectivity index (χ2v) is 9.52. The van der Waals surface area contributed by atoms with Crippen LogP contribution in [0.25, 0.3) is 0 Å². The summed E-state index contributed by atoms with van der Waals surface area (Å²) in [6.45, 7) is 5.72. The molecule has 0 saturated carbocycles. The Labute approximate surface area is 217 Å². The molecule has 0 N–H and O–H groups in total. The lowest BCUT2D eigenvalue weighted by Crippen LogP contribution is -2.30. The summed E-state index contributed by atoms with van der Waals surface area (Å²) >= 11 is 0. The summed E-state index contributed by atoms with van der Waals surface area (Å²) in [7, 11) is 0. The van der Waals surface area contributed by atoms with E-state index in [2.05, 4.69) is 0 Å². The number of nitrogens with zero attached hydrogens (tertiary/aromatic N) is 3. The molecule has 2 aliphatic heterocycles. The summed E-state index contributed by atoms with van der Waals surface area (Å²) in [4.78, 5) is 64.7. The third kappa shape index (κ3) is 4.19. The third-order valence-electron chi connectivity index (χ3n) is 6.69. The molecule has 0 radical (unpaired) electrons. The number of rotatable bonds is 5. The van der Waals surface area contributed by atoms with Gasteiger partial charge in [-0.2, -0.15) is 0 Å². The van der Waals surface area contributed by atoms with Gasteiger partial charge in [0.15, 0.2) is 0 Å². The molecular formula is C28H23N3O7. The van der Waals surface area contributed by atoms with Gasteiger partial charge in [0.25, 0.3) is 17.5 Å². The van der Waals surface area contributed by atoms with E-state index in [1.165, 1.54) is 36.4 Å². The quantitative estimate of drug-likeness (QED) is 0.164. The summed E-state index contributed by atoms with van der Waals surface area (Å²) in [6, 6.07) is 14.1. The van der Waals surface area contributed by atoms with Crippen molar-refractivity contribution < 1.29 is 28.8 Å². The fourth-order valence-corrected chi connectivity index (χ4v) is 5.00. The van der Waals surface area contributed by atoms with Crippen LogP contribution in [0.3, 0.4) is 0 Å². The molecule has 0 bridgehead atoms. The Bertz CT molecular complexity index is 1540. The number of imide groups is 1. The molecule has 192 valence electrons. The minimum atomic E-state index is -0.791. The highest BCUT2D eigenvalue weighted by Crippen LogP contribution is 2.36. The largest absolute Gasteiger partial charge is 0.426 e. The zero-order chi connectivity index (χ0) is 27.3. The predicted octanol–water partition coefficient (Wildman–Crippen LogP) is 4.28. The molecule has 1 atom stereocenters. The van der Waals surface area contributed by atoms with Gasteiger partial charge in [-0.25, -0.2) is 4.90 Å². The summed E-state index contributed by atoms with van der Waals surface area (Å²) in [5.74, 6) is -2.65. The molecular weight excluding hydrogens is 490 g/mol. The van der Waals surface area contributed by atoms with E-state index < -0.39 is 34.3 Å². The minimum Gasteiger partial charge on any atom is -0.426 e. The molecule has 38 heavy (non-hydrogen) atoms. The molecule has 10 nitrogen and oxygen atoms in total. The molecule has 10 heteroatoms. The van der Waals surface area contributed by atoms with E-state index in [-0.39, 0.29) is 41.4 Å².